The normalized spacial score (nSPS) is 26.1. The molecule has 2 heterocycles. The van der Waals surface area contributed by atoms with Gasteiger partial charge in [-0.2, -0.15) is 5.26 Å². The summed E-state index contributed by atoms with van der Waals surface area (Å²) in [6.45, 7) is 0.877. The van der Waals surface area contributed by atoms with Gasteiger partial charge >= 0.3 is 5.97 Å². The van der Waals surface area contributed by atoms with Crippen LogP contribution >= 0.6 is 0 Å². The lowest BCUT2D eigenvalue weighted by molar-refractivity contribution is -0.138. The Morgan fingerprint density at radius 2 is 2.35 bits per heavy atom. The first-order valence-corrected chi connectivity index (χ1v) is 5.94. The molecule has 2 aliphatic rings. The van der Waals surface area contributed by atoms with Crippen LogP contribution in [-0.2, 0) is 17.8 Å². The Labute approximate surface area is 98.7 Å². The number of hydrogen-bond donors (Lipinski definition) is 1. The molecular formula is C12H13N3O2. The van der Waals surface area contributed by atoms with Crippen molar-refractivity contribution in [3.63, 3.8) is 0 Å². The Morgan fingerprint density at radius 3 is 3.00 bits per heavy atom. The van der Waals surface area contributed by atoms with Crippen molar-refractivity contribution in [1.29, 1.82) is 5.26 Å². The fraction of sp³-hybridized carbons (Fsp3) is 0.583. The van der Waals surface area contributed by atoms with Gasteiger partial charge in [0, 0.05) is 12.5 Å². The number of carbonyl (C=O) groups is 1. The standard InChI is InChI=1S/C12H13N3O2/c13-6-9-10-3-1-2-4-15(10)11(14-9)7-5-8(7)12(16)17/h7-8H,1-5H2,(H,16,17). The zero-order chi connectivity index (χ0) is 12.0. The lowest BCUT2D eigenvalue weighted by Gasteiger charge is -2.16. The van der Waals surface area contributed by atoms with Gasteiger partial charge < -0.3 is 9.67 Å². The van der Waals surface area contributed by atoms with Gasteiger partial charge in [-0.15, -0.1) is 0 Å². The van der Waals surface area contributed by atoms with Crippen LogP contribution in [0.4, 0.5) is 0 Å². The number of carboxylic acid groups (broad SMARTS) is 1. The summed E-state index contributed by atoms with van der Waals surface area (Å²) in [7, 11) is 0. The third-order valence-corrected chi connectivity index (χ3v) is 3.69. The van der Waals surface area contributed by atoms with E-state index in [0.717, 1.165) is 37.3 Å². The van der Waals surface area contributed by atoms with E-state index in [-0.39, 0.29) is 11.8 Å². The predicted octanol–water partition coefficient (Wildman–Crippen LogP) is 1.28. The van der Waals surface area contributed by atoms with Crippen molar-refractivity contribution < 1.29 is 9.90 Å². The molecule has 3 rings (SSSR count). The quantitative estimate of drug-likeness (QED) is 0.831. The Kier molecular flexibility index (Phi) is 2.18. The second kappa shape index (κ2) is 3.59. The Bertz CT molecular complexity index is 527. The minimum absolute atomic E-state index is 0.0199. The van der Waals surface area contributed by atoms with Gasteiger partial charge in [0.1, 0.15) is 11.9 Å². The molecule has 0 aromatic carbocycles. The average Bonchev–Trinajstić information content (AvgIpc) is 3.05. The SMILES string of the molecule is N#Cc1nc(C2CC2C(=O)O)n2c1CCCC2. The number of imidazole rings is 1. The maximum atomic E-state index is 10.9. The van der Waals surface area contributed by atoms with E-state index in [0.29, 0.717) is 12.1 Å². The van der Waals surface area contributed by atoms with Crippen molar-refractivity contribution in [3.05, 3.63) is 17.2 Å². The van der Waals surface area contributed by atoms with Gasteiger partial charge in [-0.1, -0.05) is 0 Å². The molecule has 17 heavy (non-hydrogen) atoms. The number of rotatable bonds is 2. The minimum atomic E-state index is -0.748. The Morgan fingerprint density at radius 1 is 1.53 bits per heavy atom. The molecule has 0 saturated heterocycles. The second-order valence-electron chi connectivity index (χ2n) is 4.77. The summed E-state index contributed by atoms with van der Waals surface area (Å²) in [5.41, 5.74) is 1.50. The largest absolute Gasteiger partial charge is 0.481 e. The minimum Gasteiger partial charge on any atom is -0.481 e. The van der Waals surface area contributed by atoms with Crippen LogP contribution in [0.5, 0.6) is 0 Å². The fourth-order valence-electron chi connectivity index (χ4n) is 2.70. The zero-order valence-corrected chi connectivity index (χ0v) is 9.39. The molecule has 1 N–H and O–H groups in total. The third-order valence-electron chi connectivity index (χ3n) is 3.69. The molecule has 0 spiro atoms. The second-order valence-corrected chi connectivity index (χ2v) is 4.77. The van der Waals surface area contributed by atoms with Crippen LogP contribution in [0.25, 0.3) is 0 Å². The van der Waals surface area contributed by atoms with Gasteiger partial charge in [-0.25, -0.2) is 4.98 Å². The number of carboxylic acids is 1. The zero-order valence-electron chi connectivity index (χ0n) is 9.39. The molecule has 0 radical (unpaired) electrons. The van der Waals surface area contributed by atoms with E-state index in [4.69, 9.17) is 10.4 Å². The van der Waals surface area contributed by atoms with E-state index in [1.807, 2.05) is 0 Å². The van der Waals surface area contributed by atoms with Crippen molar-refractivity contribution >= 4 is 5.97 Å². The van der Waals surface area contributed by atoms with E-state index in [1.54, 1.807) is 0 Å². The highest BCUT2D eigenvalue weighted by Gasteiger charge is 2.47. The average molecular weight is 231 g/mol. The molecule has 0 bridgehead atoms. The van der Waals surface area contributed by atoms with Crippen molar-refractivity contribution in [2.45, 2.75) is 38.1 Å². The molecule has 0 amide bonds. The molecule has 1 saturated carbocycles. The lowest BCUT2D eigenvalue weighted by atomic mass is 10.1. The summed E-state index contributed by atoms with van der Waals surface area (Å²) in [6.07, 6.45) is 3.73. The highest BCUT2D eigenvalue weighted by atomic mass is 16.4. The maximum absolute atomic E-state index is 10.9. The first-order valence-electron chi connectivity index (χ1n) is 5.94. The summed E-state index contributed by atoms with van der Waals surface area (Å²) >= 11 is 0. The first kappa shape index (κ1) is 10.3. The van der Waals surface area contributed by atoms with E-state index in [1.165, 1.54) is 0 Å². The van der Waals surface area contributed by atoms with Crippen molar-refractivity contribution in [1.82, 2.24) is 9.55 Å². The van der Waals surface area contributed by atoms with Gasteiger partial charge in [-0.05, 0) is 25.7 Å². The van der Waals surface area contributed by atoms with Crippen LogP contribution in [-0.4, -0.2) is 20.6 Å². The van der Waals surface area contributed by atoms with Gasteiger partial charge in [0.2, 0.25) is 0 Å². The number of aliphatic carboxylic acids is 1. The van der Waals surface area contributed by atoms with Crippen LogP contribution in [0.2, 0.25) is 0 Å². The molecule has 2 unspecified atom stereocenters. The van der Waals surface area contributed by atoms with Crippen LogP contribution in [0.3, 0.4) is 0 Å². The number of nitrogens with zero attached hydrogens (tertiary/aromatic N) is 3. The summed E-state index contributed by atoms with van der Waals surface area (Å²) in [5.74, 6) is -0.202. The maximum Gasteiger partial charge on any atom is 0.307 e. The highest BCUT2D eigenvalue weighted by Crippen LogP contribution is 2.47. The monoisotopic (exact) mass is 231 g/mol. The molecule has 1 fully saturated rings. The molecule has 5 nitrogen and oxygen atoms in total. The molecule has 1 aromatic rings. The summed E-state index contributed by atoms with van der Waals surface area (Å²) < 4.78 is 2.08. The van der Waals surface area contributed by atoms with E-state index in [9.17, 15) is 4.79 Å². The van der Waals surface area contributed by atoms with Crippen LogP contribution in [0.15, 0.2) is 0 Å². The molecule has 88 valence electrons. The van der Waals surface area contributed by atoms with Gasteiger partial charge in [0.05, 0.1) is 11.6 Å². The number of nitriles is 1. The van der Waals surface area contributed by atoms with Crippen LogP contribution in [0.1, 0.15) is 42.4 Å². The smallest absolute Gasteiger partial charge is 0.307 e. The van der Waals surface area contributed by atoms with Gasteiger partial charge in [0.15, 0.2) is 5.69 Å². The summed E-state index contributed by atoms with van der Waals surface area (Å²) in [6, 6.07) is 2.12. The van der Waals surface area contributed by atoms with Crippen molar-refractivity contribution in [2.75, 3.05) is 0 Å². The van der Waals surface area contributed by atoms with E-state index >= 15 is 0 Å². The van der Waals surface area contributed by atoms with E-state index < -0.39 is 5.97 Å². The third kappa shape index (κ3) is 1.52. The molecular weight excluding hydrogens is 218 g/mol. The number of fused-ring (bicyclic) bond motifs is 1. The molecule has 1 aliphatic carbocycles. The topological polar surface area (TPSA) is 78.9 Å². The predicted molar refractivity (Wildman–Crippen MR) is 58.4 cm³/mol. The highest BCUT2D eigenvalue weighted by molar-refractivity contribution is 5.74. The van der Waals surface area contributed by atoms with Gasteiger partial charge in [0.25, 0.3) is 0 Å². The Balaban J connectivity index is 1.99. The van der Waals surface area contributed by atoms with Crippen molar-refractivity contribution in [2.24, 2.45) is 5.92 Å². The molecule has 5 heteroatoms. The molecule has 1 aromatic heterocycles. The molecule has 2 atom stereocenters. The lowest BCUT2D eigenvalue weighted by Crippen LogP contribution is -2.13. The van der Waals surface area contributed by atoms with Crippen LogP contribution < -0.4 is 0 Å². The number of hydrogen-bond acceptors (Lipinski definition) is 3. The van der Waals surface area contributed by atoms with Crippen LogP contribution in [0, 0.1) is 17.2 Å². The number of aromatic nitrogens is 2. The van der Waals surface area contributed by atoms with Crippen molar-refractivity contribution in [3.8, 4) is 6.07 Å². The molecule has 1 aliphatic heterocycles. The Hall–Kier alpha value is -1.83. The van der Waals surface area contributed by atoms with E-state index in [2.05, 4.69) is 15.6 Å². The first-order chi connectivity index (χ1) is 8.22. The summed E-state index contributed by atoms with van der Waals surface area (Å²) in [4.78, 5) is 15.2. The fourth-order valence-corrected chi connectivity index (χ4v) is 2.70. The summed E-state index contributed by atoms with van der Waals surface area (Å²) in [5, 5.41) is 18.0. The van der Waals surface area contributed by atoms with Gasteiger partial charge in [-0.3, -0.25) is 4.79 Å².